The quantitative estimate of drug-likeness (QED) is 0.693. The minimum Gasteiger partial charge on any atom is -0.366 e. The molecule has 0 bridgehead atoms. The van der Waals surface area contributed by atoms with Gasteiger partial charge in [0.2, 0.25) is 5.91 Å². The number of carbonyl (C=O) groups is 1. The van der Waals surface area contributed by atoms with E-state index in [9.17, 15) is 13.6 Å². The molecule has 0 unspecified atom stereocenters. The van der Waals surface area contributed by atoms with Gasteiger partial charge in [-0.25, -0.2) is 8.78 Å². The normalized spacial score (nSPS) is 10.6. The molecule has 0 aliphatic heterocycles. The molecule has 0 aromatic heterocycles. The summed E-state index contributed by atoms with van der Waals surface area (Å²) in [5.41, 5.74) is 4.79. The lowest BCUT2D eigenvalue weighted by Gasteiger charge is -1.95. The van der Waals surface area contributed by atoms with Crippen molar-refractivity contribution in [3.8, 4) is 0 Å². The van der Waals surface area contributed by atoms with Crippen molar-refractivity contribution in [2.24, 2.45) is 5.73 Å². The van der Waals surface area contributed by atoms with Crippen LogP contribution in [0.15, 0.2) is 24.3 Å². The van der Waals surface area contributed by atoms with E-state index in [4.69, 9.17) is 5.73 Å². The van der Waals surface area contributed by atoms with Crippen molar-refractivity contribution in [3.05, 3.63) is 41.5 Å². The Labute approximate surface area is 73.7 Å². The van der Waals surface area contributed by atoms with Gasteiger partial charge >= 0.3 is 0 Å². The Kier molecular flexibility index (Phi) is 2.74. The van der Waals surface area contributed by atoms with E-state index >= 15 is 0 Å². The lowest BCUT2D eigenvalue weighted by molar-refractivity contribution is -0.113. The molecule has 0 saturated carbocycles. The molecule has 68 valence electrons. The molecule has 0 spiro atoms. The number of amides is 1. The molecule has 1 aromatic rings. The molecule has 0 atom stereocenters. The zero-order valence-electron chi connectivity index (χ0n) is 6.63. The number of primary amides is 1. The van der Waals surface area contributed by atoms with Crippen molar-refractivity contribution in [2.75, 3.05) is 0 Å². The number of nitrogens with two attached hydrogens (primary N) is 1. The fourth-order valence-corrected chi connectivity index (χ4v) is 0.814. The topological polar surface area (TPSA) is 43.1 Å². The summed E-state index contributed by atoms with van der Waals surface area (Å²) in [7, 11) is 0. The van der Waals surface area contributed by atoms with Crippen LogP contribution in [0.4, 0.5) is 8.78 Å². The van der Waals surface area contributed by atoms with Crippen LogP contribution in [0.25, 0.3) is 6.08 Å². The van der Waals surface area contributed by atoms with Crippen molar-refractivity contribution in [1.82, 2.24) is 0 Å². The molecule has 0 fully saturated rings. The van der Waals surface area contributed by atoms with Crippen LogP contribution in [0.3, 0.4) is 0 Å². The summed E-state index contributed by atoms with van der Waals surface area (Å²) in [4.78, 5) is 10.3. The Morgan fingerprint density at radius 3 is 2.69 bits per heavy atom. The van der Waals surface area contributed by atoms with Gasteiger partial charge in [0.1, 0.15) is 11.6 Å². The van der Waals surface area contributed by atoms with Gasteiger partial charge in [0.25, 0.3) is 0 Å². The molecule has 0 heterocycles. The molecular formula is C9H7F2NO. The summed E-state index contributed by atoms with van der Waals surface area (Å²) in [6.07, 6.45) is 2.10. The van der Waals surface area contributed by atoms with Gasteiger partial charge in [0.05, 0.1) is 0 Å². The highest BCUT2D eigenvalue weighted by atomic mass is 19.1. The van der Waals surface area contributed by atoms with Gasteiger partial charge in [-0.1, -0.05) is 0 Å². The molecule has 0 radical (unpaired) electrons. The van der Waals surface area contributed by atoms with E-state index in [2.05, 4.69) is 0 Å². The minimum absolute atomic E-state index is 0.00111. The number of halogens is 2. The largest absolute Gasteiger partial charge is 0.366 e. The molecule has 1 rings (SSSR count). The summed E-state index contributed by atoms with van der Waals surface area (Å²) < 4.78 is 25.4. The summed E-state index contributed by atoms with van der Waals surface area (Å²) in [5.74, 6) is -1.87. The van der Waals surface area contributed by atoms with E-state index in [1.165, 1.54) is 0 Å². The number of hydrogen-bond acceptors (Lipinski definition) is 1. The van der Waals surface area contributed by atoms with Crippen molar-refractivity contribution < 1.29 is 13.6 Å². The van der Waals surface area contributed by atoms with E-state index < -0.39 is 17.5 Å². The van der Waals surface area contributed by atoms with Crippen molar-refractivity contribution in [2.45, 2.75) is 0 Å². The first kappa shape index (κ1) is 9.38. The molecule has 2 nitrogen and oxygen atoms in total. The molecule has 0 saturated heterocycles. The second-order valence-electron chi connectivity index (χ2n) is 2.40. The van der Waals surface area contributed by atoms with Gasteiger partial charge in [-0.3, -0.25) is 4.79 Å². The molecule has 0 aliphatic carbocycles. The number of benzene rings is 1. The van der Waals surface area contributed by atoms with Crippen molar-refractivity contribution in [1.29, 1.82) is 0 Å². The standard InChI is InChI=1S/C9H7F2NO/c10-7-2-3-8(11)6(5-7)1-4-9(12)13/h1-5H,(H2,12,13). The predicted octanol–water partition coefficient (Wildman–Crippen LogP) is 1.46. The third-order valence-electron chi connectivity index (χ3n) is 1.39. The molecule has 13 heavy (non-hydrogen) atoms. The third-order valence-corrected chi connectivity index (χ3v) is 1.39. The lowest BCUT2D eigenvalue weighted by atomic mass is 10.2. The van der Waals surface area contributed by atoms with Gasteiger partial charge in [-0.2, -0.15) is 0 Å². The zero-order valence-corrected chi connectivity index (χ0v) is 6.63. The van der Waals surface area contributed by atoms with Crippen LogP contribution in [-0.4, -0.2) is 5.91 Å². The highest BCUT2D eigenvalue weighted by Gasteiger charge is 1.99. The molecular weight excluding hydrogens is 176 g/mol. The highest BCUT2D eigenvalue weighted by Crippen LogP contribution is 2.10. The maximum absolute atomic E-state index is 12.9. The van der Waals surface area contributed by atoms with Crippen LogP contribution in [0.2, 0.25) is 0 Å². The SMILES string of the molecule is NC(=O)C=Cc1cc(F)ccc1F. The van der Waals surface area contributed by atoms with E-state index in [-0.39, 0.29) is 5.56 Å². The van der Waals surface area contributed by atoms with Crippen LogP contribution in [0.5, 0.6) is 0 Å². The molecule has 1 amide bonds. The Morgan fingerprint density at radius 2 is 2.08 bits per heavy atom. The second kappa shape index (κ2) is 3.80. The average molecular weight is 183 g/mol. The molecule has 1 aromatic carbocycles. The lowest BCUT2D eigenvalue weighted by Crippen LogP contribution is -2.05. The smallest absolute Gasteiger partial charge is 0.241 e. The zero-order chi connectivity index (χ0) is 9.84. The van der Waals surface area contributed by atoms with Crippen LogP contribution in [0, 0.1) is 11.6 Å². The summed E-state index contributed by atoms with van der Waals surface area (Å²) in [6, 6.07) is 2.96. The molecule has 2 N–H and O–H groups in total. The summed E-state index contributed by atoms with van der Waals surface area (Å²) in [5, 5.41) is 0. The third kappa shape index (κ3) is 2.66. The van der Waals surface area contributed by atoms with E-state index in [0.717, 1.165) is 30.4 Å². The van der Waals surface area contributed by atoms with E-state index in [1.54, 1.807) is 0 Å². The van der Waals surface area contributed by atoms with Gasteiger partial charge < -0.3 is 5.73 Å². The van der Waals surface area contributed by atoms with Crippen LogP contribution in [0.1, 0.15) is 5.56 Å². The van der Waals surface area contributed by atoms with E-state index in [0.29, 0.717) is 0 Å². The first-order chi connectivity index (χ1) is 6.09. The average Bonchev–Trinajstić information content (AvgIpc) is 2.06. The van der Waals surface area contributed by atoms with Gasteiger partial charge in [0.15, 0.2) is 0 Å². The summed E-state index contributed by atoms with van der Waals surface area (Å²) in [6.45, 7) is 0. The van der Waals surface area contributed by atoms with Gasteiger partial charge in [-0.05, 0) is 24.3 Å². The molecule has 0 aliphatic rings. The van der Waals surface area contributed by atoms with Gasteiger partial charge in [0, 0.05) is 11.6 Å². The Morgan fingerprint density at radius 1 is 1.38 bits per heavy atom. The fourth-order valence-electron chi connectivity index (χ4n) is 0.814. The maximum Gasteiger partial charge on any atom is 0.241 e. The minimum atomic E-state index is -0.705. The van der Waals surface area contributed by atoms with Gasteiger partial charge in [-0.15, -0.1) is 0 Å². The summed E-state index contributed by atoms with van der Waals surface area (Å²) >= 11 is 0. The second-order valence-corrected chi connectivity index (χ2v) is 2.40. The predicted molar refractivity (Wildman–Crippen MR) is 44.6 cm³/mol. The first-order valence-electron chi connectivity index (χ1n) is 3.52. The fraction of sp³-hybridized carbons (Fsp3) is 0. The maximum atomic E-state index is 12.9. The van der Waals surface area contributed by atoms with Crippen LogP contribution in [-0.2, 0) is 4.79 Å². The van der Waals surface area contributed by atoms with E-state index in [1.807, 2.05) is 0 Å². The Hall–Kier alpha value is -1.71. The highest BCUT2D eigenvalue weighted by molar-refractivity contribution is 5.90. The van der Waals surface area contributed by atoms with Crippen LogP contribution >= 0.6 is 0 Å². The Bertz CT molecular complexity index is 361. The number of rotatable bonds is 2. The van der Waals surface area contributed by atoms with Crippen LogP contribution < -0.4 is 5.73 Å². The first-order valence-corrected chi connectivity index (χ1v) is 3.52. The molecule has 4 heteroatoms. The van der Waals surface area contributed by atoms with Crippen molar-refractivity contribution in [3.63, 3.8) is 0 Å². The Balaban J connectivity index is 3.00. The number of carbonyl (C=O) groups excluding carboxylic acids is 1. The number of hydrogen-bond donors (Lipinski definition) is 1. The van der Waals surface area contributed by atoms with Crippen molar-refractivity contribution >= 4 is 12.0 Å². The monoisotopic (exact) mass is 183 g/mol.